The molecule has 6 nitrogen and oxygen atoms in total. The molecule has 1 aliphatic heterocycles. The van der Waals surface area contributed by atoms with Crippen molar-refractivity contribution in [3.63, 3.8) is 0 Å². The van der Waals surface area contributed by atoms with Crippen molar-refractivity contribution in [2.24, 2.45) is 5.92 Å². The first-order valence-corrected chi connectivity index (χ1v) is 8.49. The van der Waals surface area contributed by atoms with E-state index in [1.165, 1.54) is 0 Å². The Labute approximate surface area is 147 Å². The van der Waals surface area contributed by atoms with Gasteiger partial charge in [0.15, 0.2) is 5.82 Å². The minimum Gasteiger partial charge on any atom is -0.436 e. The summed E-state index contributed by atoms with van der Waals surface area (Å²) in [7, 11) is 0. The standard InChI is InChI=1S/C19H23N3O3/c1-19(2,24)15-4-3-11-22(12-15)17-18(21-10-9-20-17)25-16-7-5-14(13-23)6-8-16/h5-10,13,15,24H,3-4,11-12H2,1-2H3. The van der Waals surface area contributed by atoms with E-state index < -0.39 is 5.60 Å². The van der Waals surface area contributed by atoms with E-state index in [4.69, 9.17) is 4.74 Å². The van der Waals surface area contributed by atoms with Crippen LogP contribution in [0, 0.1) is 5.92 Å². The third kappa shape index (κ3) is 4.14. The minimum atomic E-state index is -0.730. The normalized spacial score (nSPS) is 18.0. The van der Waals surface area contributed by atoms with Gasteiger partial charge in [0, 0.05) is 37.0 Å². The molecule has 3 rings (SSSR count). The molecule has 1 unspecified atom stereocenters. The molecule has 1 aromatic carbocycles. The van der Waals surface area contributed by atoms with Crippen LogP contribution in [-0.4, -0.2) is 40.1 Å². The first-order chi connectivity index (χ1) is 12.0. The highest BCUT2D eigenvalue weighted by Gasteiger charge is 2.32. The number of nitrogens with zero attached hydrogens (tertiary/aromatic N) is 3. The second kappa shape index (κ2) is 7.19. The summed E-state index contributed by atoms with van der Waals surface area (Å²) in [4.78, 5) is 21.6. The monoisotopic (exact) mass is 341 g/mol. The summed E-state index contributed by atoms with van der Waals surface area (Å²) in [6.07, 6.45) is 6.01. The zero-order valence-corrected chi connectivity index (χ0v) is 14.6. The predicted octanol–water partition coefficient (Wildman–Crippen LogP) is 3.07. The quantitative estimate of drug-likeness (QED) is 0.843. The van der Waals surface area contributed by atoms with E-state index in [1.807, 2.05) is 13.8 Å². The number of hydrogen-bond acceptors (Lipinski definition) is 6. The molecule has 132 valence electrons. The zero-order valence-electron chi connectivity index (χ0n) is 14.6. The number of aliphatic hydroxyl groups is 1. The SMILES string of the molecule is CC(C)(O)C1CCCN(c2nccnc2Oc2ccc(C=O)cc2)C1. The molecule has 1 saturated heterocycles. The maximum absolute atomic E-state index is 10.8. The first kappa shape index (κ1) is 17.4. The fraction of sp³-hybridized carbons (Fsp3) is 0.421. The Kier molecular flexibility index (Phi) is 4.99. The van der Waals surface area contributed by atoms with Gasteiger partial charge in [-0.1, -0.05) is 0 Å². The number of aldehydes is 1. The highest BCUT2D eigenvalue weighted by molar-refractivity contribution is 5.74. The zero-order chi connectivity index (χ0) is 17.9. The summed E-state index contributed by atoms with van der Waals surface area (Å²) in [6.45, 7) is 5.27. The van der Waals surface area contributed by atoms with E-state index in [1.54, 1.807) is 36.7 Å². The van der Waals surface area contributed by atoms with Gasteiger partial charge in [-0.25, -0.2) is 9.97 Å². The van der Waals surface area contributed by atoms with Crippen LogP contribution in [0.1, 0.15) is 37.0 Å². The van der Waals surface area contributed by atoms with Crippen molar-refractivity contribution in [2.75, 3.05) is 18.0 Å². The van der Waals surface area contributed by atoms with Gasteiger partial charge in [0.05, 0.1) is 5.60 Å². The molecule has 0 aliphatic carbocycles. The van der Waals surface area contributed by atoms with Crippen molar-refractivity contribution < 1.29 is 14.6 Å². The van der Waals surface area contributed by atoms with Crippen LogP contribution < -0.4 is 9.64 Å². The van der Waals surface area contributed by atoms with Crippen molar-refractivity contribution in [3.8, 4) is 11.6 Å². The van der Waals surface area contributed by atoms with Crippen molar-refractivity contribution in [2.45, 2.75) is 32.3 Å². The smallest absolute Gasteiger partial charge is 0.263 e. The molecule has 6 heteroatoms. The van der Waals surface area contributed by atoms with E-state index in [2.05, 4.69) is 14.9 Å². The van der Waals surface area contributed by atoms with Crippen LogP contribution >= 0.6 is 0 Å². The number of rotatable bonds is 5. The molecule has 1 fully saturated rings. The molecule has 0 amide bonds. The second-order valence-electron chi connectivity index (χ2n) is 6.91. The number of piperidine rings is 1. The summed E-state index contributed by atoms with van der Waals surface area (Å²) in [5.74, 6) is 1.88. The molecular formula is C19H23N3O3. The Morgan fingerprint density at radius 3 is 2.64 bits per heavy atom. The van der Waals surface area contributed by atoms with E-state index in [9.17, 15) is 9.90 Å². The van der Waals surface area contributed by atoms with E-state index in [0.29, 0.717) is 29.6 Å². The van der Waals surface area contributed by atoms with Crippen LogP contribution in [0.3, 0.4) is 0 Å². The molecule has 2 heterocycles. The molecule has 2 aromatic rings. The van der Waals surface area contributed by atoms with Gasteiger partial charge in [-0.3, -0.25) is 4.79 Å². The Bertz CT molecular complexity index is 725. The van der Waals surface area contributed by atoms with E-state index in [0.717, 1.165) is 25.7 Å². The number of anilines is 1. The third-order valence-electron chi connectivity index (χ3n) is 4.60. The number of carbonyl (C=O) groups excluding carboxylic acids is 1. The molecule has 1 atom stereocenters. The van der Waals surface area contributed by atoms with Gasteiger partial charge < -0.3 is 14.7 Å². The number of aromatic nitrogens is 2. The number of hydrogen-bond donors (Lipinski definition) is 1. The van der Waals surface area contributed by atoms with E-state index >= 15 is 0 Å². The lowest BCUT2D eigenvalue weighted by Gasteiger charge is -2.39. The molecule has 1 aliphatic rings. The highest BCUT2D eigenvalue weighted by Crippen LogP contribution is 2.33. The lowest BCUT2D eigenvalue weighted by Crippen LogP contribution is -2.45. The van der Waals surface area contributed by atoms with Crippen molar-refractivity contribution >= 4 is 12.1 Å². The van der Waals surface area contributed by atoms with Gasteiger partial charge in [-0.15, -0.1) is 0 Å². The topological polar surface area (TPSA) is 75.6 Å². The van der Waals surface area contributed by atoms with Crippen LogP contribution in [-0.2, 0) is 0 Å². The summed E-state index contributed by atoms with van der Waals surface area (Å²) in [6, 6.07) is 6.86. The first-order valence-electron chi connectivity index (χ1n) is 8.49. The highest BCUT2D eigenvalue weighted by atomic mass is 16.5. The summed E-state index contributed by atoms with van der Waals surface area (Å²) < 4.78 is 5.89. The molecule has 1 N–H and O–H groups in total. The third-order valence-corrected chi connectivity index (χ3v) is 4.60. The van der Waals surface area contributed by atoms with Crippen LogP contribution in [0.15, 0.2) is 36.7 Å². The summed E-state index contributed by atoms with van der Waals surface area (Å²) in [5, 5.41) is 10.3. The van der Waals surface area contributed by atoms with Crippen LogP contribution in [0.25, 0.3) is 0 Å². The van der Waals surface area contributed by atoms with Crippen molar-refractivity contribution in [1.29, 1.82) is 0 Å². The average molecular weight is 341 g/mol. The maximum atomic E-state index is 10.8. The van der Waals surface area contributed by atoms with Gasteiger partial charge in [-0.05, 0) is 51.0 Å². The fourth-order valence-corrected chi connectivity index (χ4v) is 3.08. The average Bonchev–Trinajstić information content (AvgIpc) is 2.62. The minimum absolute atomic E-state index is 0.169. The molecular weight excluding hydrogens is 318 g/mol. The molecule has 0 saturated carbocycles. The van der Waals surface area contributed by atoms with Gasteiger partial charge in [-0.2, -0.15) is 0 Å². The Morgan fingerprint density at radius 2 is 1.96 bits per heavy atom. The van der Waals surface area contributed by atoms with Gasteiger partial charge >= 0.3 is 0 Å². The summed E-state index contributed by atoms with van der Waals surface area (Å²) in [5.41, 5.74) is -0.136. The van der Waals surface area contributed by atoms with Crippen molar-refractivity contribution in [1.82, 2.24) is 9.97 Å². The Hall–Kier alpha value is -2.47. The molecule has 25 heavy (non-hydrogen) atoms. The van der Waals surface area contributed by atoms with Gasteiger partial charge in [0.1, 0.15) is 12.0 Å². The molecule has 0 spiro atoms. The Balaban J connectivity index is 1.81. The molecule has 0 radical (unpaired) electrons. The number of benzene rings is 1. The lowest BCUT2D eigenvalue weighted by molar-refractivity contribution is 0.0109. The van der Waals surface area contributed by atoms with Gasteiger partial charge in [0.2, 0.25) is 0 Å². The number of ether oxygens (including phenoxy) is 1. The van der Waals surface area contributed by atoms with Crippen LogP contribution in [0.4, 0.5) is 5.82 Å². The summed E-state index contributed by atoms with van der Waals surface area (Å²) >= 11 is 0. The van der Waals surface area contributed by atoms with Gasteiger partial charge in [0.25, 0.3) is 5.88 Å². The maximum Gasteiger partial charge on any atom is 0.263 e. The fourth-order valence-electron chi connectivity index (χ4n) is 3.08. The predicted molar refractivity (Wildman–Crippen MR) is 95.2 cm³/mol. The largest absolute Gasteiger partial charge is 0.436 e. The number of carbonyl (C=O) groups is 1. The second-order valence-corrected chi connectivity index (χ2v) is 6.91. The van der Waals surface area contributed by atoms with Crippen LogP contribution in [0.2, 0.25) is 0 Å². The van der Waals surface area contributed by atoms with E-state index in [-0.39, 0.29) is 5.92 Å². The van der Waals surface area contributed by atoms with Crippen molar-refractivity contribution in [3.05, 3.63) is 42.2 Å². The Morgan fingerprint density at radius 1 is 1.24 bits per heavy atom. The molecule has 1 aromatic heterocycles. The molecule has 0 bridgehead atoms. The lowest BCUT2D eigenvalue weighted by atomic mass is 9.84. The van der Waals surface area contributed by atoms with Crippen LogP contribution in [0.5, 0.6) is 11.6 Å².